The average Bonchev–Trinajstić information content (AvgIpc) is 2.45. The number of benzene rings is 1. The lowest BCUT2D eigenvalue weighted by molar-refractivity contribution is 0.232. The number of nitrogens with one attached hydrogen (secondary N) is 2. The van der Waals surface area contributed by atoms with Crippen LogP contribution in [0.3, 0.4) is 0 Å². The summed E-state index contributed by atoms with van der Waals surface area (Å²) in [6.07, 6.45) is 5.92. The lowest BCUT2D eigenvalue weighted by Gasteiger charge is -2.23. The Morgan fingerprint density at radius 1 is 1.24 bits per heavy atom. The number of carbonyl (C=O) groups excluding carboxylic acids is 1. The largest absolute Gasteiger partial charge is 0.496 e. The van der Waals surface area contributed by atoms with Crippen LogP contribution in [-0.2, 0) is 6.54 Å². The number of methoxy groups -OCH3 is 1. The third-order valence-corrected chi connectivity index (χ3v) is 4.08. The van der Waals surface area contributed by atoms with Crippen molar-refractivity contribution in [2.45, 2.75) is 58.5 Å². The van der Waals surface area contributed by atoms with Crippen LogP contribution in [0.4, 0.5) is 4.79 Å². The van der Waals surface area contributed by atoms with Crippen molar-refractivity contribution in [1.29, 1.82) is 0 Å². The van der Waals surface area contributed by atoms with Gasteiger partial charge in [-0.3, -0.25) is 0 Å². The van der Waals surface area contributed by atoms with E-state index in [4.69, 9.17) is 4.74 Å². The van der Waals surface area contributed by atoms with Gasteiger partial charge in [0.15, 0.2) is 0 Å². The van der Waals surface area contributed by atoms with E-state index < -0.39 is 0 Å². The summed E-state index contributed by atoms with van der Waals surface area (Å²) in [5, 5.41) is 6.01. The number of ether oxygens (including phenoxy) is 1. The van der Waals surface area contributed by atoms with Crippen LogP contribution in [-0.4, -0.2) is 19.2 Å². The monoisotopic (exact) mass is 290 g/mol. The van der Waals surface area contributed by atoms with Crippen LogP contribution in [0.1, 0.15) is 48.8 Å². The third kappa shape index (κ3) is 4.38. The van der Waals surface area contributed by atoms with E-state index in [1.807, 2.05) is 6.92 Å². The van der Waals surface area contributed by atoms with Gasteiger partial charge in [-0.2, -0.15) is 0 Å². The van der Waals surface area contributed by atoms with Crippen molar-refractivity contribution in [3.63, 3.8) is 0 Å². The molecule has 116 valence electrons. The number of hydrogen-bond donors (Lipinski definition) is 2. The molecule has 21 heavy (non-hydrogen) atoms. The van der Waals surface area contributed by atoms with Crippen molar-refractivity contribution in [3.05, 3.63) is 28.8 Å². The van der Waals surface area contributed by atoms with Crippen molar-refractivity contribution < 1.29 is 9.53 Å². The summed E-state index contributed by atoms with van der Waals surface area (Å²) in [6, 6.07) is 4.40. The van der Waals surface area contributed by atoms with E-state index in [1.165, 1.54) is 24.8 Å². The molecule has 1 aromatic carbocycles. The van der Waals surface area contributed by atoms with E-state index in [2.05, 4.69) is 29.7 Å². The normalized spacial score (nSPS) is 15.6. The zero-order chi connectivity index (χ0) is 15.2. The predicted octanol–water partition coefficient (Wildman–Crippen LogP) is 3.44. The Hall–Kier alpha value is -1.71. The van der Waals surface area contributed by atoms with Gasteiger partial charge in [-0.15, -0.1) is 0 Å². The number of aryl methyl sites for hydroxylation is 2. The molecule has 0 aromatic heterocycles. The first-order valence-corrected chi connectivity index (χ1v) is 7.78. The molecule has 2 amide bonds. The molecule has 0 bridgehead atoms. The molecule has 4 nitrogen and oxygen atoms in total. The number of amides is 2. The maximum atomic E-state index is 12.0. The minimum atomic E-state index is -0.0805. The van der Waals surface area contributed by atoms with Gasteiger partial charge >= 0.3 is 6.03 Å². The van der Waals surface area contributed by atoms with Gasteiger partial charge < -0.3 is 15.4 Å². The summed E-state index contributed by atoms with van der Waals surface area (Å²) in [7, 11) is 1.67. The van der Waals surface area contributed by atoms with E-state index in [0.717, 1.165) is 29.7 Å². The summed E-state index contributed by atoms with van der Waals surface area (Å²) in [6.45, 7) is 4.57. The standard InChI is InChI=1S/C17H26N2O2/c1-12-9-13(2)16(21-3)14(10-12)11-18-17(20)19-15-7-5-4-6-8-15/h9-10,15H,4-8,11H2,1-3H3,(H2,18,19,20). The fourth-order valence-corrected chi connectivity index (χ4v) is 3.12. The molecule has 0 aliphatic heterocycles. The maximum Gasteiger partial charge on any atom is 0.315 e. The first-order chi connectivity index (χ1) is 10.1. The molecule has 0 radical (unpaired) electrons. The molecule has 0 saturated heterocycles. The SMILES string of the molecule is COc1c(C)cc(C)cc1CNC(=O)NC1CCCCC1. The molecule has 1 saturated carbocycles. The van der Waals surface area contributed by atoms with Crippen LogP contribution in [0.5, 0.6) is 5.75 Å². The molecule has 0 spiro atoms. The number of urea groups is 1. The van der Waals surface area contributed by atoms with E-state index in [0.29, 0.717) is 12.6 Å². The van der Waals surface area contributed by atoms with Crippen molar-refractivity contribution in [2.24, 2.45) is 0 Å². The molecule has 1 aromatic rings. The zero-order valence-corrected chi connectivity index (χ0v) is 13.3. The van der Waals surface area contributed by atoms with E-state index in [-0.39, 0.29) is 6.03 Å². The minimum absolute atomic E-state index is 0.0805. The number of carbonyl (C=O) groups is 1. The van der Waals surface area contributed by atoms with Gasteiger partial charge in [0.25, 0.3) is 0 Å². The van der Waals surface area contributed by atoms with Gasteiger partial charge in [0.1, 0.15) is 5.75 Å². The lowest BCUT2D eigenvalue weighted by atomic mass is 9.96. The Labute approximate surface area is 127 Å². The molecule has 2 N–H and O–H groups in total. The zero-order valence-electron chi connectivity index (χ0n) is 13.3. The van der Waals surface area contributed by atoms with Crippen LogP contribution >= 0.6 is 0 Å². The average molecular weight is 290 g/mol. The molecular weight excluding hydrogens is 264 g/mol. The predicted molar refractivity (Wildman–Crippen MR) is 84.7 cm³/mol. The summed E-state index contributed by atoms with van der Waals surface area (Å²) in [5.41, 5.74) is 3.30. The maximum absolute atomic E-state index is 12.0. The Morgan fingerprint density at radius 3 is 2.62 bits per heavy atom. The second-order valence-corrected chi connectivity index (χ2v) is 5.94. The van der Waals surface area contributed by atoms with Gasteiger partial charge in [-0.05, 0) is 32.3 Å². The minimum Gasteiger partial charge on any atom is -0.496 e. The molecule has 2 rings (SSSR count). The first-order valence-electron chi connectivity index (χ1n) is 7.78. The Bertz CT molecular complexity index is 494. The fraction of sp³-hybridized carbons (Fsp3) is 0.588. The Kier molecular flexibility index (Phi) is 5.48. The highest BCUT2D eigenvalue weighted by Crippen LogP contribution is 2.25. The van der Waals surface area contributed by atoms with Gasteiger partial charge in [0.2, 0.25) is 0 Å². The van der Waals surface area contributed by atoms with E-state index in [1.54, 1.807) is 7.11 Å². The van der Waals surface area contributed by atoms with Gasteiger partial charge in [-0.1, -0.05) is 37.0 Å². The summed E-state index contributed by atoms with van der Waals surface area (Å²) in [5.74, 6) is 0.860. The quantitative estimate of drug-likeness (QED) is 0.892. The molecule has 1 aliphatic carbocycles. The number of rotatable bonds is 4. The third-order valence-electron chi connectivity index (χ3n) is 4.08. The first kappa shape index (κ1) is 15.7. The highest BCUT2D eigenvalue weighted by atomic mass is 16.5. The van der Waals surface area contributed by atoms with Crippen LogP contribution < -0.4 is 15.4 Å². The van der Waals surface area contributed by atoms with Crippen LogP contribution in [0.2, 0.25) is 0 Å². The Balaban J connectivity index is 1.91. The molecule has 4 heteroatoms. The fourth-order valence-electron chi connectivity index (χ4n) is 3.12. The van der Waals surface area contributed by atoms with Crippen LogP contribution in [0, 0.1) is 13.8 Å². The highest BCUT2D eigenvalue weighted by molar-refractivity contribution is 5.74. The molecule has 0 atom stereocenters. The summed E-state index contributed by atoms with van der Waals surface area (Å²) >= 11 is 0. The summed E-state index contributed by atoms with van der Waals surface area (Å²) in [4.78, 5) is 12.0. The van der Waals surface area contributed by atoms with Gasteiger partial charge in [-0.25, -0.2) is 4.79 Å². The van der Waals surface area contributed by atoms with Gasteiger partial charge in [0, 0.05) is 18.2 Å². The smallest absolute Gasteiger partial charge is 0.315 e. The van der Waals surface area contributed by atoms with Crippen molar-refractivity contribution >= 4 is 6.03 Å². The van der Waals surface area contributed by atoms with Crippen molar-refractivity contribution in [2.75, 3.05) is 7.11 Å². The summed E-state index contributed by atoms with van der Waals surface area (Å²) < 4.78 is 5.44. The van der Waals surface area contributed by atoms with Crippen molar-refractivity contribution in [3.8, 4) is 5.75 Å². The van der Waals surface area contributed by atoms with Crippen molar-refractivity contribution in [1.82, 2.24) is 10.6 Å². The molecule has 1 aliphatic rings. The van der Waals surface area contributed by atoms with Gasteiger partial charge in [0.05, 0.1) is 7.11 Å². The molecule has 0 unspecified atom stereocenters. The van der Waals surface area contributed by atoms with Crippen LogP contribution in [0.25, 0.3) is 0 Å². The topological polar surface area (TPSA) is 50.4 Å². The Morgan fingerprint density at radius 2 is 1.95 bits per heavy atom. The molecule has 1 fully saturated rings. The molecular formula is C17H26N2O2. The highest BCUT2D eigenvalue weighted by Gasteiger charge is 2.16. The molecule has 0 heterocycles. The lowest BCUT2D eigenvalue weighted by Crippen LogP contribution is -2.42. The number of hydrogen-bond acceptors (Lipinski definition) is 2. The van der Waals surface area contributed by atoms with Crippen LogP contribution in [0.15, 0.2) is 12.1 Å². The second-order valence-electron chi connectivity index (χ2n) is 5.94. The van der Waals surface area contributed by atoms with E-state index in [9.17, 15) is 4.79 Å². The second kappa shape index (κ2) is 7.34. The van der Waals surface area contributed by atoms with E-state index >= 15 is 0 Å².